The highest BCUT2D eigenvalue weighted by Gasteiger charge is 2.37. The Morgan fingerprint density at radius 2 is 1.93 bits per heavy atom. The highest BCUT2D eigenvalue weighted by Crippen LogP contribution is 2.31. The van der Waals surface area contributed by atoms with Crippen molar-refractivity contribution in [2.24, 2.45) is 5.92 Å². The van der Waals surface area contributed by atoms with E-state index >= 15 is 0 Å². The number of nitrogens with zero attached hydrogens (tertiary/aromatic N) is 1. The van der Waals surface area contributed by atoms with Gasteiger partial charge in [-0.15, -0.1) is 0 Å². The predicted octanol–water partition coefficient (Wildman–Crippen LogP) is 4.29. The molecule has 1 N–H and O–H groups in total. The summed E-state index contributed by atoms with van der Waals surface area (Å²) in [4.78, 5) is 38.0. The SMILES string of the molecule is O=C(COC(=O)[C@@H]1CC(=O)N(c2ccccc2Cl)C1)Nc1ccc(Br)cc1Cl. The normalized spacial score (nSPS) is 16.2. The molecule has 1 saturated heterocycles. The predicted molar refractivity (Wildman–Crippen MR) is 111 cm³/mol. The summed E-state index contributed by atoms with van der Waals surface area (Å²) in [7, 11) is 0. The van der Waals surface area contributed by atoms with Crippen LogP contribution in [0.1, 0.15) is 6.42 Å². The zero-order chi connectivity index (χ0) is 20.3. The summed E-state index contributed by atoms with van der Waals surface area (Å²) >= 11 is 15.4. The molecule has 1 aliphatic rings. The minimum absolute atomic E-state index is 0.00418. The zero-order valence-electron chi connectivity index (χ0n) is 14.5. The van der Waals surface area contributed by atoms with Crippen LogP contribution < -0.4 is 10.2 Å². The Labute approximate surface area is 179 Å². The lowest BCUT2D eigenvalue weighted by atomic mass is 10.1. The molecule has 9 heteroatoms. The van der Waals surface area contributed by atoms with Crippen LogP contribution in [-0.4, -0.2) is 30.9 Å². The number of esters is 1. The number of para-hydroxylation sites is 1. The van der Waals surface area contributed by atoms with Crippen LogP contribution in [-0.2, 0) is 19.1 Å². The van der Waals surface area contributed by atoms with Crippen molar-refractivity contribution in [2.75, 3.05) is 23.4 Å². The molecule has 0 bridgehead atoms. The van der Waals surface area contributed by atoms with Gasteiger partial charge in [0.2, 0.25) is 5.91 Å². The second-order valence-electron chi connectivity index (χ2n) is 6.14. The summed E-state index contributed by atoms with van der Waals surface area (Å²) in [5.74, 6) is -2.02. The van der Waals surface area contributed by atoms with E-state index in [1.807, 2.05) is 0 Å². The Morgan fingerprint density at radius 1 is 1.18 bits per heavy atom. The number of amides is 2. The van der Waals surface area contributed by atoms with E-state index in [1.165, 1.54) is 4.90 Å². The molecule has 0 spiro atoms. The van der Waals surface area contributed by atoms with Gasteiger partial charge >= 0.3 is 5.97 Å². The van der Waals surface area contributed by atoms with Crippen LogP contribution in [0.5, 0.6) is 0 Å². The minimum Gasteiger partial charge on any atom is -0.455 e. The number of benzene rings is 2. The van der Waals surface area contributed by atoms with Gasteiger partial charge in [0.25, 0.3) is 5.91 Å². The first-order chi connectivity index (χ1) is 13.3. The molecule has 6 nitrogen and oxygen atoms in total. The molecule has 0 saturated carbocycles. The van der Waals surface area contributed by atoms with Crippen molar-refractivity contribution < 1.29 is 19.1 Å². The Bertz CT molecular complexity index is 938. The van der Waals surface area contributed by atoms with Gasteiger partial charge in [-0.25, -0.2) is 0 Å². The van der Waals surface area contributed by atoms with Crippen LogP contribution in [0, 0.1) is 5.92 Å². The van der Waals surface area contributed by atoms with E-state index in [9.17, 15) is 14.4 Å². The fourth-order valence-electron chi connectivity index (χ4n) is 2.80. The Kier molecular flexibility index (Phi) is 6.59. The van der Waals surface area contributed by atoms with E-state index in [2.05, 4.69) is 21.2 Å². The van der Waals surface area contributed by atoms with Crippen molar-refractivity contribution in [3.8, 4) is 0 Å². The van der Waals surface area contributed by atoms with Crippen LogP contribution >= 0.6 is 39.1 Å². The van der Waals surface area contributed by atoms with Gasteiger partial charge in [-0.3, -0.25) is 14.4 Å². The summed E-state index contributed by atoms with van der Waals surface area (Å²) < 4.78 is 5.85. The Balaban J connectivity index is 1.54. The lowest BCUT2D eigenvalue weighted by molar-refractivity contribution is -0.151. The van der Waals surface area contributed by atoms with E-state index in [4.69, 9.17) is 27.9 Å². The van der Waals surface area contributed by atoms with Crippen molar-refractivity contribution in [3.05, 3.63) is 57.0 Å². The van der Waals surface area contributed by atoms with Crippen LogP contribution in [0.15, 0.2) is 46.9 Å². The Morgan fingerprint density at radius 3 is 2.64 bits per heavy atom. The van der Waals surface area contributed by atoms with Crippen molar-refractivity contribution in [2.45, 2.75) is 6.42 Å². The third-order valence-electron chi connectivity index (χ3n) is 4.15. The molecule has 2 aromatic carbocycles. The standard InChI is InChI=1S/C19H15BrCl2N2O4/c20-12-5-6-15(14(22)8-12)23-17(25)10-28-19(27)11-7-18(26)24(9-11)16-4-2-1-3-13(16)21/h1-6,8,11H,7,9-10H2,(H,23,25)/t11-/m1/s1. The zero-order valence-corrected chi connectivity index (χ0v) is 17.6. The van der Waals surface area contributed by atoms with Gasteiger partial charge in [0.1, 0.15) is 0 Å². The maximum atomic E-state index is 12.3. The molecule has 2 aromatic rings. The van der Waals surface area contributed by atoms with Crippen LogP contribution in [0.3, 0.4) is 0 Å². The number of ether oxygens (including phenoxy) is 1. The quantitative estimate of drug-likeness (QED) is 0.641. The van der Waals surface area contributed by atoms with Gasteiger partial charge < -0.3 is 15.0 Å². The van der Waals surface area contributed by atoms with Gasteiger partial charge in [-0.1, -0.05) is 51.3 Å². The molecular formula is C19H15BrCl2N2O4. The third kappa shape index (κ3) is 4.84. The third-order valence-corrected chi connectivity index (χ3v) is 5.28. The first kappa shape index (κ1) is 20.6. The maximum absolute atomic E-state index is 12.3. The van der Waals surface area contributed by atoms with Crippen molar-refractivity contribution >= 4 is 68.3 Å². The average molecular weight is 486 g/mol. The first-order valence-corrected chi connectivity index (χ1v) is 9.86. The number of anilines is 2. The van der Waals surface area contributed by atoms with Gasteiger partial charge in [0.15, 0.2) is 6.61 Å². The number of halogens is 3. The smallest absolute Gasteiger partial charge is 0.311 e. The first-order valence-electron chi connectivity index (χ1n) is 8.31. The summed E-state index contributed by atoms with van der Waals surface area (Å²) in [5, 5.41) is 3.35. The maximum Gasteiger partial charge on any atom is 0.311 e. The fraction of sp³-hybridized carbons (Fsp3) is 0.211. The minimum atomic E-state index is -0.659. The van der Waals surface area contributed by atoms with E-state index in [-0.39, 0.29) is 18.9 Å². The molecule has 1 atom stereocenters. The van der Waals surface area contributed by atoms with Crippen LogP contribution in [0.2, 0.25) is 10.0 Å². The number of hydrogen-bond donors (Lipinski definition) is 1. The molecule has 0 aromatic heterocycles. The molecule has 0 radical (unpaired) electrons. The average Bonchev–Trinajstić information content (AvgIpc) is 3.04. The second-order valence-corrected chi connectivity index (χ2v) is 7.87. The van der Waals surface area contributed by atoms with Gasteiger partial charge in [-0.05, 0) is 30.3 Å². The summed E-state index contributed by atoms with van der Waals surface area (Å²) in [6.07, 6.45) is 0.00418. The monoisotopic (exact) mass is 484 g/mol. The lowest BCUT2D eigenvalue weighted by Crippen LogP contribution is -2.28. The largest absolute Gasteiger partial charge is 0.455 e. The Hall–Kier alpha value is -2.09. The molecule has 1 aliphatic heterocycles. The fourth-order valence-corrected chi connectivity index (χ4v) is 3.76. The molecule has 3 rings (SSSR count). The van der Waals surface area contributed by atoms with Crippen LogP contribution in [0.25, 0.3) is 0 Å². The van der Waals surface area contributed by atoms with Crippen molar-refractivity contribution in [1.29, 1.82) is 0 Å². The topological polar surface area (TPSA) is 75.7 Å². The summed E-state index contributed by atoms with van der Waals surface area (Å²) in [6.45, 7) is -0.316. The molecule has 146 valence electrons. The van der Waals surface area contributed by atoms with Crippen molar-refractivity contribution in [3.63, 3.8) is 0 Å². The number of hydrogen-bond acceptors (Lipinski definition) is 4. The molecular weight excluding hydrogens is 471 g/mol. The van der Waals surface area contributed by atoms with Gasteiger partial charge in [0.05, 0.1) is 27.3 Å². The molecule has 1 heterocycles. The number of rotatable bonds is 5. The molecule has 0 unspecified atom stereocenters. The lowest BCUT2D eigenvalue weighted by Gasteiger charge is -2.17. The molecule has 0 aliphatic carbocycles. The van der Waals surface area contributed by atoms with E-state index in [0.29, 0.717) is 21.4 Å². The summed E-state index contributed by atoms with van der Waals surface area (Å²) in [5.41, 5.74) is 0.957. The molecule has 28 heavy (non-hydrogen) atoms. The highest BCUT2D eigenvalue weighted by molar-refractivity contribution is 9.10. The highest BCUT2D eigenvalue weighted by atomic mass is 79.9. The van der Waals surface area contributed by atoms with E-state index in [1.54, 1.807) is 42.5 Å². The molecule has 2 amide bonds. The van der Waals surface area contributed by atoms with Gasteiger partial charge in [-0.2, -0.15) is 0 Å². The van der Waals surface area contributed by atoms with Gasteiger partial charge in [0, 0.05) is 17.4 Å². The number of carbonyl (C=O) groups excluding carboxylic acids is 3. The number of carbonyl (C=O) groups is 3. The van der Waals surface area contributed by atoms with Crippen molar-refractivity contribution in [1.82, 2.24) is 0 Å². The summed E-state index contributed by atoms with van der Waals surface area (Å²) in [6, 6.07) is 11.9. The second kappa shape index (κ2) is 8.94. The van der Waals surface area contributed by atoms with E-state index < -0.39 is 24.4 Å². The molecule has 1 fully saturated rings. The van der Waals surface area contributed by atoms with Crippen LogP contribution in [0.4, 0.5) is 11.4 Å². The number of nitrogens with one attached hydrogen (secondary N) is 1. The van der Waals surface area contributed by atoms with E-state index in [0.717, 1.165) is 4.47 Å².